The van der Waals surface area contributed by atoms with E-state index in [-0.39, 0.29) is 5.92 Å². The summed E-state index contributed by atoms with van der Waals surface area (Å²) < 4.78 is 0. The predicted molar refractivity (Wildman–Crippen MR) is 83.7 cm³/mol. The molecule has 1 N–H and O–H groups in total. The molecule has 1 aromatic heterocycles. The Morgan fingerprint density at radius 1 is 1.24 bits per heavy atom. The van der Waals surface area contributed by atoms with E-state index in [2.05, 4.69) is 10.2 Å². The molecular weight excluding hydrogens is 282 g/mol. The van der Waals surface area contributed by atoms with Crippen molar-refractivity contribution in [3.8, 4) is 0 Å². The number of likely N-dealkylation sites (tertiary alicyclic amines) is 1. The highest BCUT2D eigenvalue weighted by molar-refractivity contribution is 7.11. The van der Waals surface area contributed by atoms with Crippen molar-refractivity contribution in [3.63, 3.8) is 0 Å². The van der Waals surface area contributed by atoms with Crippen LogP contribution in [0.15, 0.2) is 0 Å². The van der Waals surface area contributed by atoms with Gasteiger partial charge in [-0.25, -0.2) is 4.98 Å². The zero-order chi connectivity index (χ0) is 14.2. The summed E-state index contributed by atoms with van der Waals surface area (Å²) in [7, 11) is 0. The molecule has 2 fully saturated rings. The van der Waals surface area contributed by atoms with E-state index in [0.29, 0.717) is 11.8 Å². The number of hydrogen-bond donors (Lipinski definition) is 1. The van der Waals surface area contributed by atoms with Crippen LogP contribution in [0.25, 0.3) is 0 Å². The van der Waals surface area contributed by atoms with Crippen LogP contribution in [0.5, 0.6) is 0 Å². The first kappa shape index (κ1) is 13.7. The van der Waals surface area contributed by atoms with Crippen LogP contribution in [0, 0.1) is 5.92 Å². The number of aryl methyl sites for hydroxylation is 2. The Balaban J connectivity index is 1.47. The lowest BCUT2D eigenvalue weighted by Gasteiger charge is -2.37. The van der Waals surface area contributed by atoms with E-state index >= 15 is 0 Å². The van der Waals surface area contributed by atoms with E-state index in [9.17, 15) is 4.79 Å². The van der Waals surface area contributed by atoms with Crippen LogP contribution in [0.1, 0.15) is 47.2 Å². The number of thiazole rings is 1. The van der Waals surface area contributed by atoms with Gasteiger partial charge in [0.05, 0.1) is 16.6 Å². The van der Waals surface area contributed by atoms with Gasteiger partial charge in [-0.05, 0) is 38.5 Å². The largest absolute Gasteiger partial charge is 0.342 e. The number of nitrogens with zero attached hydrogens (tertiary/aromatic N) is 2. The Kier molecular flexibility index (Phi) is 3.71. The smallest absolute Gasteiger partial charge is 0.228 e. The maximum Gasteiger partial charge on any atom is 0.228 e. The van der Waals surface area contributed by atoms with Gasteiger partial charge in [-0.1, -0.05) is 0 Å². The first-order chi connectivity index (χ1) is 10.3. The number of hydrogen-bond acceptors (Lipinski definition) is 4. The van der Waals surface area contributed by atoms with E-state index < -0.39 is 0 Å². The molecule has 3 heterocycles. The quantitative estimate of drug-likeness (QED) is 0.908. The van der Waals surface area contributed by atoms with Gasteiger partial charge in [0.15, 0.2) is 0 Å². The van der Waals surface area contributed by atoms with Crippen molar-refractivity contribution in [1.82, 2.24) is 15.2 Å². The van der Waals surface area contributed by atoms with Gasteiger partial charge in [-0.15, -0.1) is 11.3 Å². The summed E-state index contributed by atoms with van der Waals surface area (Å²) in [5, 5.41) is 4.50. The summed E-state index contributed by atoms with van der Waals surface area (Å²) in [6, 6.07) is 0. The van der Waals surface area contributed by atoms with Crippen LogP contribution in [0.2, 0.25) is 0 Å². The van der Waals surface area contributed by atoms with Crippen LogP contribution in [-0.4, -0.2) is 42.0 Å². The lowest BCUT2D eigenvalue weighted by molar-refractivity contribution is -0.138. The fourth-order valence-corrected chi connectivity index (χ4v) is 4.93. The predicted octanol–water partition coefficient (Wildman–Crippen LogP) is 1.95. The summed E-state index contributed by atoms with van der Waals surface area (Å²) in [6.45, 7) is 3.57. The summed E-state index contributed by atoms with van der Waals surface area (Å²) in [5.74, 6) is 1.07. The van der Waals surface area contributed by atoms with Crippen molar-refractivity contribution in [2.45, 2.75) is 44.4 Å². The number of amides is 1. The van der Waals surface area contributed by atoms with Crippen LogP contribution in [0.3, 0.4) is 0 Å². The van der Waals surface area contributed by atoms with E-state index in [1.54, 1.807) is 0 Å². The number of carbonyl (C=O) groups is 1. The summed E-state index contributed by atoms with van der Waals surface area (Å²) in [6.07, 6.45) is 7.31. The second kappa shape index (κ2) is 5.69. The van der Waals surface area contributed by atoms with Gasteiger partial charge in [-0.2, -0.15) is 0 Å². The molecule has 0 bridgehead atoms. The minimum absolute atomic E-state index is 0.230. The molecule has 2 aliphatic heterocycles. The minimum atomic E-state index is 0.230. The van der Waals surface area contributed by atoms with Crippen LogP contribution in [0.4, 0.5) is 0 Å². The molecule has 0 saturated carbocycles. The first-order valence-electron chi connectivity index (χ1n) is 8.29. The maximum absolute atomic E-state index is 12.4. The highest BCUT2D eigenvalue weighted by atomic mass is 32.1. The van der Waals surface area contributed by atoms with E-state index in [0.717, 1.165) is 39.0 Å². The number of carbonyl (C=O) groups excluding carboxylic acids is 1. The van der Waals surface area contributed by atoms with Gasteiger partial charge >= 0.3 is 0 Å². The molecule has 0 spiro atoms. The minimum Gasteiger partial charge on any atom is -0.342 e. The third-order valence-corrected chi connectivity index (χ3v) is 6.40. The monoisotopic (exact) mass is 305 g/mol. The standard InChI is InChI=1S/C16H23N3OS/c20-16(12-8-17-9-12)19-7-3-4-11(10-19)15-18-13-5-1-2-6-14(13)21-15/h11-12,17H,1-10H2. The lowest BCUT2D eigenvalue weighted by Crippen LogP contribution is -2.53. The molecule has 1 aliphatic carbocycles. The van der Waals surface area contributed by atoms with Gasteiger partial charge in [0.2, 0.25) is 5.91 Å². The Hall–Kier alpha value is -0.940. The molecule has 0 radical (unpaired) electrons. The molecule has 21 heavy (non-hydrogen) atoms. The molecule has 1 aromatic rings. The van der Waals surface area contributed by atoms with Crippen LogP contribution >= 0.6 is 11.3 Å². The molecule has 3 aliphatic rings. The Bertz CT molecular complexity index is 514. The van der Waals surface area contributed by atoms with Crippen molar-refractivity contribution in [3.05, 3.63) is 15.6 Å². The van der Waals surface area contributed by atoms with Gasteiger partial charge < -0.3 is 10.2 Å². The number of fused-ring (bicyclic) bond motifs is 1. The van der Waals surface area contributed by atoms with Gasteiger partial charge in [-0.3, -0.25) is 4.79 Å². The normalized spacial score (nSPS) is 26.3. The van der Waals surface area contributed by atoms with Gasteiger partial charge in [0.1, 0.15) is 0 Å². The molecule has 1 amide bonds. The fourth-order valence-electron chi connectivity index (χ4n) is 3.65. The van der Waals surface area contributed by atoms with Gasteiger partial charge in [0.25, 0.3) is 0 Å². The molecule has 5 heteroatoms. The molecule has 114 valence electrons. The summed E-state index contributed by atoms with van der Waals surface area (Å²) >= 11 is 1.92. The van der Waals surface area contributed by atoms with Gasteiger partial charge in [0, 0.05) is 37.0 Å². The third-order valence-electron chi connectivity index (χ3n) is 5.08. The average Bonchev–Trinajstić information content (AvgIpc) is 2.89. The molecule has 0 aromatic carbocycles. The molecule has 4 rings (SSSR count). The Labute approximate surface area is 129 Å². The third kappa shape index (κ3) is 2.61. The van der Waals surface area contributed by atoms with Crippen LogP contribution < -0.4 is 5.32 Å². The van der Waals surface area contributed by atoms with E-state index in [1.807, 2.05) is 11.3 Å². The zero-order valence-corrected chi connectivity index (χ0v) is 13.3. The SMILES string of the molecule is O=C(C1CNC1)N1CCCC(c2nc3c(s2)CCCC3)C1. The van der Waals surface area contributed by atoms with E-state index in [1.165, 1.54) is 41.3 Å². The second-order valence-corrected chi connectivity index (χ2v) is 7.72. The zero-order valence-electron chi connectivity index (χ0n) is 12.4. The number of rotatable bonds is 2. The molecule has 4 nitrogen and oxygen atoms in total. The molecule has 1 atom stereocenters. The summed E-state index contributed by atoms with van der Waals surface area (Å²) in [4.78, 5) is 20.9. The van der Waals surface area contributed by atoms with Crippen molar-refractivity contribution < 1.29 is 4.79 Å². The number of nitrogens with one attached hydrogen (secondary N) is 1. The van der Waals surface area contributed by atoms with Crippen LogP contribution in [-0.2, 0) is 17.6 Å². The Morgan fingerprint density at radius 2 is 2.10 bits per heavy atom. The molecule has 1 unspecified atom stereocenters. The fraction of sp³-hybridized carbons (Fsp3) is 0.750. The van der Waals surface area contributed by atoms with Crippen molar-refractivity contribution in [2.24, 2.45) is 5.92 Å². The number of aromatic nitrogens is 1. The second-order valence-electron chi connectivity index (χ2n) is 6.61. The highest BCUT2D eigenvalue weighted by Gasteiger charge is 2.33. The van der Waals surface area contributed by atoms with Crippen molar-refractivity contribution >= 4 is 17.2 Å². The first-order valence-corrected chi connectivity index (χ1v) is 9.11. The Morgan fingerprint density at radius 3 is 2.86 bits per heavy atom. The van der Waals surface area contributed by atoms with Crippen molar-refractivity contribution in [2.75, 3.05) is 26.2 Å². The topological polar surface area (TPSA) is 45.2 Å². The maximum atomic E-state index is 12.4. The number of piperidine rings is 1. The molecular formula is C16H23N3OS. The lowest BCUT2D eigenvalue weighted by atomic mass is 9.95. The summed E-state index contributed by atoms with van der Waals surface area (Å²) in [5.41, 5.74) is 1.35. The van der Waals surface area contributed by atoms with E-state index in [4.69, 9.17) is 4.98 Å². The average molecular weight is 305 g/mol. The van der Waals surface area contributed by atoms with Crippen molar-refractivity contribution in [1.29, 1.82) is 0 Å². The highest BCUT2D eigenvalue weighted by Crippen LogP contribution is 2.35. The molecule has 2 saturated heterocycles.